The van der Waals surface area contributed by atoms with Gasteiger partial charge in [0.15, 0.2) is 0 Å². The normalized spacial score (nSPS) is 14.9. The quantitative estimate of drug-likeness (QED) is 0.659. The van der Waals surface area contributed by atoms with Gasteiger partial charge in [-0.3, -0.25) is 9.78 Å². The number of ether oxygens (including phenoxy) is 2. The van der Waals surface area contributed by atoms with Gasteiger partial charge in [0.05, 0.1) is 12.6 Å². The van der Waals surface area contributed by atoms with Crippen molar-refractivity contribution in [2.75, 3.05) is 6.54 Å². The van der Waals surface area contributed by atoms with Crippen molar-refractivity contribution in [3.05, 3.63) is 77.9 Å². The number of rotatable bonds is 6. The Morgan fingerprint density at radius 3 is 2.60 bits per heavy atom. The number of aromatic nitrogens is 1. The molecule has 1 aliphatic rings. The first-order chi connectivity index (χ1) is 14.5. The molecule has 3 aromatic rings. The maximum Gasteiger partial charge on any atom is 0.251 e. The Labute approximate surface area is 174 Å². The fourth-order valence-corrected chi connectivity index (χ4v) is 3.50. The van der Waals surface area contributed by atoms with Crippen molar-refractivity contribution in [3.63, 3.8) is 0 Å². The van der Waals surface area contributed by atoms with E-state index in [9.17, 15) is 9.18 Å². The number of carbonyl (C=O) groups is 1. The zero-order valence-electron chi connectivity index (χ0n) is 16.9. The van der Waals surface area contributed by atoms with E-state index in [0.717, 1.165) is 16.9 Å². The lowest BCUT2D eigenvalue weighted by molar-refractivity contribution is 0.0933. The van der Waals surface area contributed by atoms with Gasteiger partial charge in [0.25, 0.3) is 5.91 Å². The summed E-state index contributed by atoms with van der Waals surface area (Å²) in [6.07, 6.45) is 3.53. The van der Waals surface area contributed by atoms with Gasteiger partial charge in [0.1, 0.15) is 23.4 Å². The molecule has 1 atom stereocenters. The van der Waals surface area contributed by atoms with Gasteiger partial charge in [0.2, 0.25) is 0 Å². The van der Waals surface area contributed by atoms with Crippen LogP contribution in [-0.4, -0.2) is 29.6 Å². The van der Waals surface area contributed by atoms with Gasteiger partial charge in [-0.2, -0.15) is 0 Å². The SMILES string of the molecule is CC(C)Oc1ccc(C(=O)NCC2Cc3c(F)ccc(-c4ccncc4)c3O2)cc1. The number of carbonyl (C=O) groups excluding carboxylic acids is 1. The highest BCUT2D eigenvalue weighted by Crippen LogP contribution is 2.40. The fraction of sp³-hybridized carbons (Fsp3) is 0.250. The summed E-state index contributed by atoms with van der Waals surface area (Å²) in [7, 11) is 0. The third kappa shape index (κ3) is 4.27. The van der Waals surface area contributed by atoms with Crippen LogP contribution in [0.3, 0.4) is 0 Å². The third-order valence-corrected chi connectivity index (χ3v) is 4.89. The molecule has 1 amide bonds. The van der Waals surface area contributed by atoms with Crippen molar-refractivity contribution in [3.8, 4) is 22.6 Å². The van der Waals surface area contributed by atoms with Crippen LogP contribution in [0.25, 0.3) is 11.1 Å². The van der Waals surface area contributed by atoms with E-state index in [1.165, 1.54) is 6.07 Å². The molecular weight excluding hydrogens is 383 g/mol. The maximum absolute atomic E-state index is 14.4. The Bertz CT molecular complexity index is 1040. The molecule has 0 saturated heterocycles. The van der Waals surface area contributed by atoms with Crippen molar-refractivity contribution >= 4 is 5.91 Å². The highest BCUT2D eigenvalue weighted by atomic mass is 19.1. The average Bonchev–Trinajstić information content (AvgIpc) is 3.18. The zero-order chi connectivity index (χ0) is 21.1. The zero-order valence-corrected chi connectivity index (χ0v) is 16.9. The number of halogens is 1. The smallest absolute Gasteiger partial charge is 0.251 e. The van der Waals surface area contributed by atoms with Crippen LogP contribution in [0.15, 0.2) is 60.9 Å². The summed E-state index contributed by atoms with van der Waals surface area (Å²) in [5.74, 6) is 0.753. The van der Waals surface area contributed by atoms with E-state index in [2.05, 4.69) is 10.3 Å². The summed E-state index contributed by atoms with van der Waals surface area (Å²) in [4.78, 5) is 16.5. The molecule has 0 aliphatic carbocycles. The van der Waals surface area contributed by atoms with E-state index >= 15 is 0 Å². The summed E-state index contributed by atoms with van der Waals surface area (Å²) in [6, 6.07) is 13.9. The predicted octanol–water partition coefficient (Wildman–Crippen LogP) is 4.41. The first kappa shape index (κ1) is 19.9. The van der Waals surface area contributed by atoms with E-state index in [0.29, 0.717) is 23.3 Å². The molecule has 0 bridgehead atoms. The molecule has 1 aromatic heterocycles. The van der Waals surface area contributed by atoms with Crippen molar-refractivity contribution in [2.24, 2.45) is 0 Å². The summed E-state index contributed by atoms with van der Waals surface area (Å²) in [6.45, 7) is 4.18. The molecular formula is C24H23FN2O3. The summed E-state index contributed by atoms with van der Waals surface area (Å²) >= 11 is 0. The van der Waals surface area contributed by atoms with Crippen LogP contribution >= 0.6 is 0 Å². The second kappa shape index (κ2) is 8.53. The number of benzene rings is 2. The molecule has 2 aromatic carbocycles. The Hall–Kier alpha value is -3.41. The molecule has 4 rings (SSSR count). The molecule has 1 N–H and O–H groups in total. The Balaban J connectivity index is 1.42. The van der Waals surface area contributed by atoms with E-state index in [-0.39, 0.29) is 30.5 Å². The van der Waals surface area contributed by atoms with Crippen LogP contribution in [0, 0.1) is 5.82 Å². The van der Waals surface area contributed by atoms with Gasteiger partial charge >= 0.3 is 0 Å². The van der Waals surface area contributed by atoms with Crippen LogP contribution in [0.1, 0.15) is 29.8 Å². The minimum atomic E-state index is -0.329. The lowest BCUT2D eigenvalue weighted by Crippen LogP contribution is -2.34. The van der Waals surface area contributed by atoms with E-state index in [1.807, 2.05) is 26.0 Å². The molecule has 5 nitrogen and oxygen atoms in total. The Kier molecular flexibility index (Phi) is 5.65. The molecule has 6 heteroatoms. The largest absolute Gasteiger partial charge is 0.491 e. The van der Waals surface area contributed by atoms with Crippen molar-refractivity contribution in [1.29, 1.82) is 0 Å². The minimum Gasteiger partial charge on any atom is -0.491 e. The van der Waals surface area contributed by atoms with Gasteiger partial charge in [0, 0.05) is 35.5 Å². The topological polar surface area (TPSA) is 60.5 Å². The lowest BCUT2D eigenvalue weighted by Gasteiger charge is -2.14. The number of pyridine rings is 1. The molecule has 0 fully saturated rings. The monoisotopic (exact) mass is 406 g/mol. The Morgan fingerprint density at radius 1 is 1.17 bits per heavy atom. The van der Waals surface area contributed by atoms with Gasteiger partial charge in [-0.15, -0.1) is 0 Å². The highest BCUT2D eigenvalue weighted by Gasteiger charge is 2.29. The number of nitrogens with zero attached hydrogens (tertiary/aromatic N) is 1. The van der Waals surface area contributed by atoms with Crippen molar-refractivity contribution in [1.82, 2.24) is 10.3 Å². The summed E-state index contributed by atoms with van der Waals surface area (Å²) in [5.41, 5.74) is 2.81. The number of hydrogen-bond donors (Lipinski definition) is 1. The summed E-state index contributed by atoms with van der Waals surface area (Å²) in [5, 5.41) is 2.88. The van der Waals surface area contributed by atoms with Gasteiger partial charge < -0.3 is 14.8 Å². The van der Waals surface area contributed by atoms with Gasteiger partial charge in [-0.1, -0.05) is 0 Å². The molecule has 1 aliphatic heterocycles. The van der Waals surface area contributed by atoms with Crippen molar-refractivity contribution in [2.45, 2.75) is 32.5 Å². The molecule has 0 spiro atoms. The van der Waals surface area contributed by atoms with Gasteiger partial charge in [-0.25, -0.2) is 4.39 Å². The summed E-state index contributed by atoms with van der Waals surface area (Å²) < 4.78 is 26.0. The number of amides is 1. The predicted molar refractivity (Wildman–Crippen MR) is 112 cm³/mol. The van der Waals surface area contributed by atoms with E-state index in [1.54, 1.807) is 42.7 Å². The van der Waals surface area contributed by atoms with Crippen LogP contribution in [0.2, 0.25) is 0 Å². The highest BCUT2D eigenvalue weighted by molar-refractivity contribution is 5.94. The van der Waals surface area contributed by atoms with Crippen molar-refractivity contribution < 1.29 is 18.7 Å². The van der Waals surface area contributed by atoms with Crippen LogP contribution < -0.4 is 14.8 Å². The third-order valence-electron chi connectivity index (χ3n) is 4.89. The Morgan fingerprint density at radius 2 is 1.90 bits per heavy atom. The first-order valence-electron chi connectivity index (χ1n) is 9.94. The number of hydrogen-bond acceptors (Lipinski definition) is 4. The average molecular weight is 406 g/mol. The fourth-order valence-electron chi connectivity index (χ4n) is 3.50. The first-order valence-corrected chi connectivity index (χ1v) is 9.94. The van der Waals surface area contributed by atoms with E-state index < -0.39 is 0 Å². The number of nitrogens with one attached hydrogen (secondary N) is 1. The molecule has 154 valence electrons. The van der Waals surface area contributed by atoms with Crippen LogP contribution in [0.5, 0.6) is 11.5 Å². The van der Waals surface area contributed by atoms with Gasteiger partial charge in [-0.05, 0) is 67.9 Å². The second-order valence-corrected chi connectivity index (χ2v) is 7.48. The molecule has 1 unspecified atom stereocenters. The molecule has 0 saturated carbocycles. The molecule has 0 radical (unpaired) electrons. The lowest BCUT2D eigenvalue weighted by atomic mass is 10.0. The minimum absolute atomic E-state index is 0.0725. The van der Waals surface area contributed by atoms with Crippen LogP contribution in [-0.2, 0) is 6.42 Å². The maximum atomic E-state index is 14.4. The van der Waals surface area contributed by atoms with E-state index in [4.69, 9.17) is 9.47 Å². The molecule has 30 heavy (non-hydrogen) atoms. The second-order valence-electron chi connectivity index (χ2n) is 7.48. The standard InChI is InChI=1S/C24H23FN2O3/c1-15(2)29-18-5-3-17(4-6-18)24(28)27-14-19-13-21-22(25)8-7-20(23(21)30-19)16-9-11-26-12-10-16/h3-12,15,19H,13-14H2,1-2H3,(H,27,28). The number of fused-ring (bicyclic) bond motifs is 1. The van der Waals surface area contributed by atoms with Crippen LogP contribution in [0.4, 0.5) is 4.39 Å². The molecule has 2 heterocycles.